The Hall–Kier alpha value is -7.39. The van der Waals surface area contributed by atoms with Gasteiger partial charge in [-0.05, 0) is 207 Å². The number of benzene rings is 8. The molecule has 6 nitrogen and oxygen atoms in total. The van der Waals surface area contributed by atoms with Gasteiger partial charge in [-0.25, -0.2) is 8.78 Å². The Bertz CT molecular complexity index is 4260. The van der Waals surface area contributed by atoms with E-state index in [-0.39, 0.29) is 25.8 Å². The van der Waals surface area contributed by atoms with Crippen molar-refractivity contribution in [2.45, 2.75) is 153 Å². The molecule has 6 heterocycles. The zero-order chi connectivity index (χ0) is 58.3. The van der Waals surface area contributed by atoms with Gasteiger partial charge in [0.05, 0.1) is 0 Å². The number of para-hydroxylation sites is 3. The van der Waals surface area contributed by atoms with Crippen molar-refractivity contribution in [3.63, 3.8) is 0 Å². The standard InChI is InChI=1S/C78H72B3F2NO5/c82-61-23-14-24-62(83)78(61)84-63-41-67-58(39-57(63)79-55-21-10-12-25-65(55)85-70-34-52(33-64(84)75(70)79)49-27-43-15-4-1-5-16-44(43)28-49)81-60-40-59-68(42-69(60)89-74-38-54(37-73(87-67)77(74)81)51-31-47-19-8-3-9-20-48(47)32-51)88-72-36-53(50-29-45-17-6-2-7-18-46(45)30-50)35-71-76(72)80(59)56-22-11-13-26-66(56)86-71/h10-14,21-26,33-51H,1-9,15-20,27-32H2. The van der Waals surface area contributed by atoms with Crippen LogP contribution in [-0.4, -0.2) is 20.1 Å². The van der Waals surface area contributed by atoms with Crippen LogP contribution >= 0.6 is 0 Å². The van der Waals surface area contributed by atoms with E-state index in [4.69, 9.17) is 23.7 Å². The quantitative estimate of drug-likeness (QED) is 0.164. The van der Waals surface area contributed by atoms with Gasteiger partial charge in [-0.1, -0.05) is 151 Å². The molecular weight excluding hydrogens is 1100 g/mol. The summed E-state index contributed by atoms with van der Waals surface area (Å²) in [5.41, 5.74) is 14.4. The molecule has 6 aliphatic carbocycles. The minimum atomic E-state index is -0.618. The molecule has 8 aromatic carbocycles. The predicted molar refractivity (Wildman–Crippen MR) is 354 cm³/mol. The van der Waals surface area contributed by atoms with Crippen molar-refractivity contribution in [3.05, 3.63) is 156 Å². The number of hydrogen-bond acceptors (Lipinski definition) is 6. The molecule has 0 spiro atoms. The highest BCUT2D eigenvalue weighted by Crippen LogP contribution is 2.55. The lowest BCUT2D eigenvalue weighted by molar-refractivity contribution is 0.367. The van der Waals surface area contributed by atoms with Gasteiger partial charge in [0.1, 0.15) is 74.8 Å². The minimum Gasteiger partial charge on any atom is -0.458 e. The molecule has 0 bridgehead atoms. The fourth-order valence-electron chi connectivity index (χ4n) is 20.9. The van der Waals surface area contributed by atoms with E-state index in [9.17, 15) is 0 Å². The van der Waals surface area contributed by atoms with Crippen molar-refractivity contribution in [2.24, 2.45) is 35.5 Å². The highest BCUT2D eigenvalue weighted by Gasteiger charge is 2.51. The molecular formula is C78H72B3F2NO5. The van der Waals surface area contributed by atoms with E-state index in [1.165, 1.54) is 157 Å². The van der Waals surface area contributed by atoms with Crippen molar-refractivity contribution in [3.8, 4) is 57.5 Å². The van der Waals surface area contributed by atoms with Gasteiger partial charge in [-0.15, -0.1) is 0 Å². The lowest BCUT2D eigenvalue weighted by atomic mass is 9.30. The number of hydrogen-bond donors (Lipinski definition) is 0. The number of ether oxygens (including phenoxy) is 5. The maximum Gasteiger partial charge on any atom is 0.260 e. The molecule has 89 heavy (non-hydrogen) atoms. The molecule has 6 saturated carbocycles. The molecule has 20 rings (SSSR count). The highest BCUT2D eigenvalue weighted by molar-refractivity contribution is 7.02. The van der Waals surface area contributed by atoms with Crippen LogP contribution in [0.4, 0.5) is 25.8 Å². The summed E-state index contributed by atoms with van der Waals surface area (Å²) < 4.78 is 70.8. The Morgan fingerprint density at radius 3 is 1.11 bits per heavy atom. The van der Waals surface area contributed by atoms with E-state index in [1.807, 2.05) is 4.90 Å². The molecule has 442 valence electrons. The van der Waals surface area contributed by atoms with Crippen LogP contribution in [0.3, 0.4) is 0 Å². The number of fused-ring (bicyclic) bond motifs is 15. The first-order valence-corrected chi connectivity index (χ1v) is 34.6. The second kappa shape index (κ2) is 20.1. The molecule has 6 fully saturated rings. The van der Waals surface area contributed by atoms with Crippen LogP contribution in [0.15, 0.2) is 127 Å². The molecule has 0 amide bonds. The largest absolute Gasteiger partial charge is 0.458 e. The molecule has 0 N–H and O–H groups in total. The van der Waals surface area contributed by atoms with Gasteiger partial charge in [0, 0.05) is 34.4 Å². The van der Waals surface area contributed by atoms with E-state index in [0.717, 1.165) is 143 Å². The lowest BCUT2D eigenvalue weighted by Gasteiger charge is -2.42. The van der Waals surface area contributed by atoms with E-state index < -0.39 is 11.6 Å². The Kier molecular flexibility index (Phi) is 11.8. The fraction of sp³-hybridized carbons (Fsp3) is 0.385. The molecule has 11 heteroatoms. The number of halogens is 2. The van der Waals surface area contributed by atoms with Gasteiger partial charge in [0.25, 0.3) is 20.1 Å². The topological polar surface area (TPSA) is 49.4 Å². The zero-order valence-electron chi connectivity index (χ0n) is 50.6. The Morgan fingerprint density at radius 1 is 0.303 bits per heavy atom. The fourth-order valence-corrected chi connectivity index (χ4v) is 20.9. The molecule has 0 aromatic heterocycles. The first kappa shape index (κ1) is 52.4. The summed E-state index contributed by atoms with van der Waals surface area (Å²) in [4.78, 5) is 1.89. The van der Waals surface area contributed by atoms with Crippen molar-refractivity contribution >= 4 is 86.4 Å². The monoisotopic (exact) mass is 1170 g/mol. The van der Waals surface area contributed by atoms with E-state index in [0.29, 0.717) is 41.0 Å². The summed E-state index contributed by atoms with van der Waals surface area (Å²) in [6.45, 7) is -0.789. The summed E-state index contributed by atoms with van der Waals surface area (Å²) in [6, 6.07) is 44.3. The van der Waals surface area contributed by atoms with Crippen molar-refractivity contribution in [2.75, 3.05) is 4.90 Å². The van der Waals surface area contributed by atoms with Gasteiger partial charge < -0.3 is 28.6 Å². The van der Waals surface area contributed by atoms with Crippen LogP contribution in [0.5, 0.6) is 57.5 Å². The van der Waals surface area contributed by atoms with E-state index >= 15 is 8.78 Å². The van der Waals surface area contributed by atoms with Gasteiger partial charge in [0.2, 0.25) is 0 Å². The molecule has 6 unspecified atom stereocenters. The van der Waals surface area contributed by atoms with Gasteiger partial charge in [0.15, 0.2) is 0 Å². The maximum atomic E-state index is 17.2. The van der Waals surface area contributed by atoms with Crippen molar-refractivity contribution in [1.29, 1.82) is 0 Å². The van der Waals surface area contributed by atoms with Gasteiger partial charge in [-0.3, -0.25) is 0 Å². The molecule has 6 aliphatic heterocycles. The van der Waals surface area contributed by atoms with Crippen LogP contribution in [0.25, 0.3) is 0 Å². The second-order valence-electron chi connectivity index (χ2n) is 29.5. The third-order valence-electron chi connectivity index (χ3n) is 24.9. The number of rotatable bonds is 4. The highest BCUT2D eigenvalue weighted by atomic mass is 19.1. The average molecular weight is 1170 g/mol. The first-order chi connectivity index (χ1) is 43.9. The minimum absolute atomic E-state index is 0.0931. The Labute approximate surface area is 522 Å². The van der Waals surface area contributed by atoms with Crippen LogP contribution in [-0.2, 0) is 0 Å². The van der Waals surface area contributed by atoms with Crippen LogP contribution < -0.4 is 77.7 Å². The van der Waals surface area contributed by atoms with Crippen molar-refractivity contribution < 1.29 is 32.5 Å². The average Bonchev–Trinajstić information content (AvgIpc) is 1.01. The maximum absolute atomic E-state index is 17.2. The lowest BCUT2D eigenvalue weighted by Crippen LogP contribution is -2.64. The summed E-state index contributed by atoms with van der Waals surface area (Å²) in [5, 5.41) is 0. The summed E-state index contributed by atoms with van der Waals surface area (Å²) in [5.74, 6) is 12.5. The summed E-state index contributed by atoms with van der Waals surface area (Å²) >= 11 is 0. The van der Waals surface area contributed by atoms with Crippen LogP contribution in [0.2, 0.25) is 0 Å². The van der Waals surface area contributed by atoms with Gasteiger partial charge in [-0.2, -0.15) is 0 Å². The zero-order valence-corrected chi connectivity index (χ0v) is 50.6. The number of anilines is 3. The normalized spacial score (nSPS) is 26.5. The van der Waals surface area contributed by atoms with E-state index in [1.54, 1.807) is 0 Å². The summed E-state index contributed by atoms with van der Waals surface area (Å²) in [7, 11) is 0. The summed E-state index contributed by atoms with van der Waals surface area (Å²) in [6.07, 6.45) is 26.9. The Balaban J connectivity index is 0.782. The van der Waals surface area contributed by atoms with Crippen molar-refractivity contribution in [1.82, 2.24) is 0 Å². The molecule has 12 aliphatic rings. The van der Waals surface area contributed by atoms with E-state index in [2.05, 4.69) is 109 Å². The number of nitrogens with zero attached hydrogens (tertiary/aromatic N) is 1. The first-order valence-electron chi connectivity index (χ1n) is 34.6. The second-order valence-corrected chi connectivity index (χ2v) is 29.5. The third-order valence-corrected chi connectivity index (χ3v) is 24.9. The molecule has 8 aromatic rings. The molecule has 0 saturated heterocycles. The van der Waals surface area contributed by atoms with Crippen LogP contribution in [0, 0.1) is 47.1 Å². The smallest absolute Gasteiger partial charge is 0.260 e. The third kappa shape index (κ3) is 8.06. The van der Waals surface area contributed by atoms with Crippen LogP contribution in [0.1, 0.15) is 169 Å². The molecule has 0 radical (unpaired) electrons. The SMILES string of the molecule is Fc1cccc(F)c1N1c2cc3c(cc2B2c4ccccc4Oc4cc(C5CC6CCCCCC6C5)cc1c42)B1c2cc4c(cc2Oc2cc(C5CC6CCCCCC6C5)cc(c21)O3)Oc1cc(C2CC3CCCCCC3C2)cc2c1B4c1ccccc1O2. The predicted octanol–water partition coefficient (Wildman–Crippen LogP) is 15.0. The van der Waals surface area contributed by atoms with Gasteiger partial charge >= 0.3 is 0 Å². The Morgan fingerprint density at radius 2 is 0.663 bits per heavy atom. The molecule has 6 atom stereocenters.